The van der Waals surface area contributed by atoms with Gasteiger partial charge in [-0.15, -0.1) is 0 Å². The van der Waals surface area contributed by atoms with E-state index < -0.39 is 0 Å². The van der Waals surface area contributed by atoms with E-state index in [1.54, 1.807) is 7.05 Å². The Hall–Kier alpha value is -0.120. The Bertz CT molecular complexity index is 79.1. The van der Waals surface area contributed by atoms with Crippen molar-refractivity contribution in [1.82, 2.24) is 5.06 Å². The normalized spacial score (nSPS) is 27.7. The fourth-order valence-electron chi connectivity index (χ4n) is 1.09. The molecule has 1 aliphatic heterocycles. The van der Waals surface area contributed by atoms with Crippen molar-refractivity contribution in [2.75, 3.05) is 26.8 Å². The third kappa shape index (κ3) is 2.30. The molecular formula is C6H12NO2-. The van der Waals surface area contributed by atoms with Crippen LogP contribution >= 0.6 is 0 Å². The Kier molecular flexibility index (Phi) is 2.45. The van der Waals surface area contributed by atoms with Gasteiger partial charge in [-0.3, -0.25) is 0 Å². The monoisotopic (exact) mass is 130 g/mol. The smallest absolute Gasteiger partial charge is 0.0507 e. The summed E-state index contributed by atoms with van der Waals surface area (Å²) in [7, 11) is 1.55. The molecule has 3 heteroatoms. The standard InChI is InChI=1S/C6H12NO2/c1-7(8)4-6-2-3-9-5-6/h6H,2-5H2,1H3/q-1. The first-order valence-electron chi connectivity index (χ1n) is 3.25. The highest BCUT2D eigenvalue weighted by Crippen LogP contribution is 2.12. The number of hydrogen-bond donors (Lipinski definition) is 0. The predicted octanol–water partition coefficient (Wildman–Crippen LogP) is 0.452. The van der Waals surface area contributed by atoms with E-state index in [0.29, 0.717) is 12.5 Å². The Labute approximate surface area is 55.2 Å². The summed E-state index contributed by atoms with van der Waals surface area (Å²) >= 11 is 0. The molecule has 9 heavy (non-hydrogen) atoms. The zero-order chi connectivity index (χ0) is 6.69. The molecule has 0 N–H and O–H groups in total. The first-order valence-corrected chi connectivity index (χ1v) is 3.25. The number of hydrogen-bond acceptors (Lipinski definition) is 3. The van der Waals surface area contributed by atoms with Gasteiger partial charge in [0, 0.05) is 6.61 Å². The number of hydroxylamine groups is 2. The summed E-state index contributed by atoms with van der Waals surface area (Å²) in [4.78, 5) is 0. The molecule has 0 spiro atoms. The van der Waals surface area contributed by atoms with Gasteiger partial charge in [-0.05, 0) is 25.9 Å². The second kappa shape index (κ2) is 3.15. The fraction of sp³-hybridized carbons (Fsp3) is 1.00. The van der Waals surface area contributed by atoms with Gasteiger partial charge < -0.3 is 15.0 Å². The van der Waals surface area contributed by atoms with Crippen molar-refractivity contribution in [1.29, 1.82) is 0 Å². The van der Waals surface area contributed by atoms with Crippen molar-refractivity contribution < 1.29 is 4.74 Å². The maximum absolute atomic E-state index is 10.5. The van der Waals surface area contributed by atoms with Crippen molar-refractivity contribution in [2.24, 2.45) is 5.92 Å². The second-order valence-corrected chi connectivity index (χ2v) is 2.54. The van der Waals surface area contributed by atoms with Gasteiger partial charge >= 0.3 is 0 Å². The zero-order valence-corrected chi connectivity index (χ0v) is 5.67. The Morgan fingerprint density at radius 2 is 2.56 bits per heavy atom. The van der Waals surface area contributed by atoms with Crippen LogP contribution < -0.4 is 0 Å². The van der Waals surface area contributed by atoms with Crippen LogP contribution in [0.4, 0.5) is 0 Å². The van der Waals surface area contributed by atoms with E-state index in [9.17, 15) is 5.21 Å². The van der Waals surface area contributed by atoms with Gasteiger partial charge in [0.2, 0.25) is 0 Å². The fourth-order valence-corrected chi connectivity index (χ4v) is 1.09. The third-order valence-corrected chi connectivity index (χ3v) is 1.54. The van der Waals surface area contributed by atoms with Crippen LogP contribution in [-0.4, -0.2) is 31.9 Å². The molecule has 1 saturated heterocycles. The maximum Gasteiger partial charge on any atom is 0.0507 e. The molecule has 1 unspecified atom stereocenters. The minimum atomic E-state index is 0.479. The summed E-state index contributed by atoms with van der Waals surface area (Å²) in [5.74, 6) is 0.479. The molecule has 1 atom stereocenters. The molecule has 0 aromatic carbocycles. The van der Waals surface area contributed by atoms with Crippen LogP contribution in [0.5, 0.6) is 0 Å². The highest BCUT2D eigenvalue weighted by atomic mass is 16.5. The van der Waals surface area contributed by atoms with Gasteiger partial charge in [-0.25, -0.2) is 0 Å². The molecule has 1 rings (SSSR count). The lowest BCUT2D eigenvalue weighted by Gasteiger charge is -2.24. The van der Waals surface area contributed by atoms with Crippen LogP contribution in [0.1, 0.15) is 6.42 Å². The van der Waals surface area contributed by atoms with E-state index in [4.69, 9.17) is 4.74 Å². The minimum Gasteiger partial charge on any atom is -0.785 e. The molecule has 0 aliphatic carbocycles. The number of rotatable bonds is 2. The van der Waals surface area contributed by atoms with Crippen LogP contribution in [0.25, 0.3) is 0 Å². The van der Waals surface area contributed by atoms with Gasteiger partial charge in [-0.2, -0.15) is 0 Å². The van der Waals surface area contributed by atoms with Gasteiger partial charge in [0.1, 0.15) is 0 Å². The van der Waals surface area contributed by atoms with E-state index in [1.165, 1.54) is 0 Å². The molecule has 0 radical (unpaired) electrons. The van der Waals surface area contributed by atoms with Crippen LogP contribution in [0, 0.1) is 11.1 Å². The average molecular weight is 130 g/mol. The summed E-state index contributed by atoms with van der Waals surface area (Å²) < 4.78 is 5.09. The lowest BCUT2D eigenvalue weighted by Crippen LogP contribution is -2.19. The molecule has 3 nitrogen and oxygen atoms in total. The van der Waals surface area contributed by atoms with E-state index in [-0.39, 0.29) is 0 Å². The highest BCUT2D eigenvalue weighted by molar-refractivity contribution is 4.67. The lowest BCUT2D eigenvalue weighted by atomic mass is 10.1. The largest absolute Gasteiger partial charge is 0.785 e. The minimum absolute atomic E-state index is 0.479. The van der Waals surface area contributed by atoms with E-state index in [1.807, 2.05) is 0 Å². The van der Waals surface area contributed by atoms with Crippen molar-refractivity contribution in [2.45, 2.75) is 6.42 Å². The lowest BCUT2D eigenvalue weighted by molar-refractivity contribution is 0.180. The predicted molar refractivity (Wildman–Crippen MR) is 34.9 cm³/mol. The van der Waals surface area contributed by atoms with Gasteiger partial charge in [-0.1, -0.05) is 0 Å². The highest BCUT2D eigenvalue weighted by Gasteiger charge is 2.14. The second-order valence-electron chi connectivity index (χ2n) is 2.54. The summed E-state index contributed by atoms with van der Waals surface area (Å²) in [5.41, 5.74) is 0. The summed E-state index contributed by atoms with van der Waals surface area (Å²) in [6.07, 6.45) is 1.05. The Balaban J connectivity index is 2.11. The van der Waals surface area contributed by atoms with Gasteiger partial charge in [0.15, 0.2) is 0 Å². The Morgan fingerprint density at radius 3 is 3.00 bits per heavy atom. The molecule has 1 heterocycles. The number of nitrogens with zero attached hydrogens (tertiary/aromatic N) is 1. The van der Waals surface area contributed by atoms with E-state index in [0.717, 1.165) is 24.7 Å². The van der Waals surface area contributed by atoms with Crippen LogP contribution in [0.3, 0.4) is 0 Å². The molecule has 0 bridgehead atoms. The number of ether oxygens (including phenoxy) is 1. The van der Waals surface area contributed by atoms with Crippen molar-refractivity contribution in [3.63, 3.8) is 0 Å². The molecule has 0 aromatic rings. The molecule has 54 valence electrons. The average Bonchev–Trinajstić information content (AvgIpc) is 2.15. The van der Waals surface area contributed by atoms with Crippen molar-refractivity contribution in [3.05, 3.63) is 5.21 Å². The zero-order valence-electron chi connectivity index (χ0n) is 5.67. The van der Waals surface area contributed by atoms with Crippen LogP contribution in [-0.2, 0) is 4.74 Å². The first-order chi connectivity index (χ1) is 4.29. The quantitative estimate of drug-likeness (QED) is 0.509. The van der Waals surface area contributed by atoms with E-state index >= 15 is 0 Å². The van der Waals surface area contributed by atoms with Crippen molar-refractivity contribution >= 4 is 0 Å². The SMILES string of the molecule is CN([O-])CC1CCOC1. The van der Waals surface area contributed by atoms with E-state index in [2.05, 4.69) is 0 Å². The summed E-state index contributed by atoms with van der Waals surface area (Å²) in [6.45, 7) is 2.23. The first kappa shape index (κ1) is 6.99. The van der Waals surface area contributed by atoms with Crippen LogP contribution in [0.2, 0.25) is 0 Å². The van der Waals surface area contributed by atoms with Gasteiger partial charge in [0.25, 0.3) is 0 Å². The molecule has 0 aromatic heterocycles. The van der Waals surface area contributed by atoms with Crippen molar-refractivity contribution in [3.8, 4) is 0 Å². The topological polar surface area (TPSA) is 35.5 Å². The molecule has 0 saturated carbocycles. The molecule has 0 amide bonds. The molecular weight excluding hydrogens is 118 g/mol. The van der Waals surface area contributed by atoms with Crippen LogP contribution in [0.15, 0.2) is 0 Å². The summed E-state index contributed by atoms with van der Waals surface area (Å²) in [6, 6.07) is 0. The summed E-state index contributed by atoms with van der Waals surface area (Å²) in [5, 5.41) is 11.4. The van der Waals surface area contributed by atoms with Gasteiger partial charge in [0.05, 0.1) is 6.61 Å². The molecule has 1 aliphatic rings. The Morgan fingerprint density at radius 1 is 1.78 bits per heavy atom. The maximum atomic E-state index is 10.5. The third-order valence-electron chi connectivity index (χ3n) is 1.54. The molecule has 1 fully saturated rings.